The molecule has 0 aliphatic rings. The molecule has 0 spiro atoms. The Balaban J connectivity index is 1.73. The number of oxazole rings is 1. The van der Waals surface area contributed by atoms with Crippen LogP contribution in [0.25, 0.3) is 11.1 Å². The summed E-state index contributed by atoms with van der Waals surface area (Å²) in [7, 11) is -2.74. The van der Waals surface area contributed by atoms with Gasteiger partial charge in [0.25, 0.3) is 15.9 Å². The van der Waals surface area contributed by atoms with Crippen molar-refractivity contribution in [1.82, 2.24) is 10.3 Å². The van der Waals surface area contributed by atoms with Crippen LogP contribution in [0.4, 0.5) is 5.69 Å². The molecule has 0 saturated carbocycles. The van der Waals surface area contributed by atoms with Crippen molar-refractivity contribution in [2.75, 3.05) is 18.4 Å². The highest BCUT2D eigenvalue weighted by Crippen LogP contribution is 2.20. The molecule has 0 radical (unpaired) electrons. The van der Waals surface area contributed by atoms with Gasteiger partial charge in [-0.05, 0) is 36.4 Å². The van der Waals surface area contributed by atoms with E-state index in [-0.39, 0.29) is 28.3 Å². The minimum atomic E-state index is -3.94. The van der Waals surface area contributed by atoms with Gasteiger partial charge >= 0.3 is 11.7 Å². The van der Waals surface area contributed by atoms with E-state index in [1.165, 1.54) is 49.6 Å². The summed E-state index contributed by atoms with van der Waals surface area (Å²) in [5.74, 6) is -1.78. The summed E-state index contributed by atoms with van der Waals surface area (Å²) in [4.78, 5) is 36.5. The first kappa shape index (κ1) is 19.2. The van der Waals surface area contributed by atoms with E-state index in [9.17, 15) is 22.8 Å². The quantitative estimate of drug-likeness (QED) is 0.514. The number of methoxy groups -OCH3 is 1. The molecule has 146 valence electrons. The molecule has 0 bridgehead atoms. The smallest absolute Gasteiger partial charge is 0.417 e. The first-order valence-corrected chi connectivity index (χ1v) is 9.37. The van der Waals surface area contributed by atoms with Crippen LogP contribution in [0.15, 0.2) is 56.6 Å². The molecule has 0 aliphatic carbocycles. The Hall–Kier alpha value is -3.60. The Kier molecular flexibility index (Phi) is 5.18. The van der Waals surface area contributed by atoms with Gasteiger partial charge in [-0.2, -0.15) is 0 Å². The number of carbonyl (C=O) groups is 2. The fourth-order valence-electron chi connectivity index (χ4n) is 2.32. The highest BCUT2D eigenvalue weighted by molar-refractivity contribution is 7.92. The molecule has 0 unspecified atom stereocenters. The van der Waals surface area contributed by atoms with E-state index in [1.807, 2.05) is 0 Å². The topological polar surface area (TPSA) is 148 Å². The largest absolute Gasteiger partial charge is 0.468 e. The standard InChI is InChI=1S/C17H15N3O7S/c1-26-15(21)9-18-16(22)10-2-4-11(5-3-10)20-28(24,25)12-6-7-13-14(8-12)27-17(23)19-13/h2-8,20H,9H2,1H3,(H,18,22)(H,19,23). The van der Waals surface area contributed by atoms with Crippen LogP contribution in [0.5, 0.6) is 0 Å². The predicted molar refractivity (Wildman–Crippen MR) is 98.4 cm³/mol. The van der Waals surface area contributed by atoms with Gasteiger partial charge in [-0.25, -0.2) is 13.2 Å². The Morgan fingerprint density at radius 3 is 2.54 bits per heavy atom. The van der Waals surface area contributed by atoms with Crippen LogP contribution < -0.4 is 15.8 Å². The second-order valence-corrected chi connectivity index (χ2v) is 7.30. The van der Waals surface area contributed by atoms with Crippen LogP contribution in [0.2, 0.25) is 0 Å². The summed E-state index contributed by atoms with van der Waals surface area (Å²) in [5.41, 5.74) is 0.958. The maximum atomic E-state index is 12.5. The second-order valence-electron chi connectivity index (χ2n) is 5.61. The zero-order chi connectivity index (χ0) is 20.3. The lowest BCUT2D eigenvalue weighted by molar-refractivity contribution is -0.139. The highest BCUT2D eigenvalue weighted by atomic mass is 32.2. The normalized spacial score (nSPS) is 11.2. The van der Waals surface area contributed by atoms with Crippen molar-refractivity contribution in [3.63, 3.8) is 0 Å². The van der Waals surface area contributed by atoms with Crippen LogP contribution >= 0.6 is 0 Å². The Bertz CT molecular complexity index is 1190. The number of esters is 1. The van der Waals surface area contributed by atoms with Crippen LogP contribution in [0.1, 0.15) is 10.4 Å². The summed E-state index contributed by atoms with van der Waals surface area (Å²) >= 11 is 0. The number of aromatic nitrogens is 1. The number of anilines is 1. The zero-order valence-corrected chi connectivity index (χ0v) is 15.3. The van der Waals surface area contributed by atoms with Crippen molar-refractivity contribution < 1.29 is 27.2 Å². The number of nitrogens with one attached hydrogen (secondary N) is 3. The van der Waals surface area contributed by atoms with E-state index in [2.05, 4.69) is 19.8 Å². The molecular formula is C17H15N3O7S. The van der Waals surface area contributed by atoms with E-state index in [1.54, 1.807) is 0 Å². The number of fused-ring (bicyclic) bond motifs is 1. The van der Waals surface area contributed by atoms with E-state index in [4.69, 9.17) is 4.42 Å². The van der Waals surface area contributed by atoms with Gasteiger partial charge in [-0.15, -0.1) is 0 Å². The molecule has 1 heterocycles. The molecule has 0 fully saturated rings. The Morgan fingerprint density at radius 1 is 1.14 bits per heavy atom. The fraction of sp³-hybridized carbons (Fsp3) is 0.118. The maximum absolute atomic E-state index is 12.5. The van der Waals surface area contributed by atoms with E-state index in [0.717, 1.165) is 0 Å². The maximum Gasteiger partial charge on any atom is 0.417 e. The van der Waals surface area contributed by atoms with Crippen molar-refractivity contribution in [1.29, 1.82) is 0 Å². The molecule has 1 aromatic heterocycles. The number of H-pyrrole nitrogens is 1. The van der Waals surface area contributed by atoms with Crippen molar-refractivity contribution in [3.8, 4) is 0 Å². The molecule has 3 N–H and O–H groups in total. The minimum Gasteiger partial charge on any atom is -0.468 e. The summed E-state index contributed by atoms with van der Waals surface area (Å²) in [5, 5.41) is 2.37. The molecule has 3 aromatic rings. The van der Waals surface area contributed by atoms with Crippen LogP contribution in [-0.4, -0.2) is 38.9 Å². The van der Waals surface area contributed by atoms with E-state index < -0.39 is 27.7 Å². The van der Waals surface area contributed by atoms with Crippen molar-refractivity contribution in [2.24, 2.45) is 0 Å². The van der Waals surface area contributed by atoms with Crippen LogP contribution in [-0.2, 0) is 19.6 Å². The average molecular weight is 405 g/mol. The average Bonchev–Trinajstić information content (AvgIpc) is 3.05. The number of hydrogen-bond acceptors (Lipinski definition) is 7. The highest BCUT2D eigenvalue weighted by Gasteiger charge is 2.17. The Labute approximate surface area is 158 Å². The van der Waals surface area contributed by atoms with Crippen molar-refractivity contribution in [3.05, 3.63) is 58.6 Å². The number of rotatable bonds is 6. The first-order chi connectivity index (χ1) is 13.3. The lowest BCUT2D eigenvalue weighted by Crippen LogP contribution is -2.30. The summed E-state index contributed by atoms with van der Waals surface area (Å²) in [6.45, 7) is -0.276. The van der Waals surface area contributed by atoms with Gasteiger partial charge < -0.3 is 14.5 Å². The number of aromatic amines is 1. The molecular weight excluding hydrogens is 390 g/mol. The lowest BCUT2D eigenvalue weighted by Gasteiger charge is -2.09. The third-order valence-electron chi connectivity index (χ3n) is 3.72. The lowest BCUT2D eigenvalue weighted by atomic mass is 10.2. The number of amides is 1. The van der Waals surface area contributed by atoms with Crippen LogP contribution in [0, 0.1) is 0 Å². The third kappa shape index (κ3) is 4.20. The van der Waals surface area contributed by atoms with Gasteiger partial charge in [0, 0.05) is 17.3 Å². The predicted octanol–water partition coefficient (Wildman–Crippen LogP) is 0.825. The third-order valence-corrected chi connectivity index (χ3v) is 5.10. The number of carbonyl (C=O) groups excluding carboxylic acids is 2. The number of ether oxygens (including phenoxy) is 1. The molecule has 1 amide bonds. The molecule has 2 aromatic carbocycles. The van der Waals surface area contributed by atoms with Gasteiger partial charge in [0.05, 0.1) is 17.5 Å². The minimum absolute atomic E-state index is 0.0948. The second kappa shape index (κ2) is 7.56. The zero-order valence-electron chi connectivity index (χ0n) is 14.5. The molecule has 3 rings (SSSR count). The molecule has 0 aliphatic heterocycles. The van der Waals surface area contributed by atoms with Gasteiger partial charge in [0.15, 0.2) is 5.58 Å². The number of hydrogen-bond donors (Lipinski definition) is 3. The van der Waals surface area contributed by atoms with E-state index >= 15 is 0 Å². The molecule has 28 heavy (non-hydrogen) atoms. The molecule has 0 atom stereocenters. The molecule has 0 saturated heterocycles. The van der Waals surface area contributed by atoms with Crippen LogP contribution in [0.3, 0.4) is 0 Å². The molecule has 11 heteroatoms. The summed E-state index contributed by atoms with van der Waals surface area (Å²) in [6.07, 6.45) is 0. The van der Waals surface area contributed by atoms with Crippen molar-refractivity contribution in [2.45, 2.75) is 4.90 Å². The summed E-state index contributed by atoms with van der Waals surface area (Å²) < 4.78 is 36.7. The van der Waals surface area contributed by atoms with Gasteiger partial charge in [-0.3, -0.25) is 19.3 Å². The SMILES string of the molecule is COC(=O)CNC(=O)c1ccc(NS(=O)(=O)c2ccc3[nH]c(=O)oc3c2)cc1. The van der Waals surface area contributed by atoms with E-state index in [0.29, 0.717) is 5.52 Å². The fourth-order valence-corrected chi connectivity index (χ4v) is 3.40. The monoisotopic (exact) mass is 405 g/mol. The van der Waals surface area contributed by atoms with Gasteiger partial charge in [-0.1, -0.05) is 0 Å². The number of sulfonamides is 1. The van der Waals surface area contributed by atoms with Gasteiger partial charge in [0.2, 0.25) is 0 Å². The molecule has 10 nitrogen and oxygen atoms in total. The van der Waals surface area contributed by atoms with Gasteiger partial charge in [0.1, 0.15) is 6.54 Å². The first-order valence-electron chi connectivity index (χ1n) is 7.89. The summed E-state index contributed by atoms with van der Waals surface area (Å²) in [6, 6.07) is 9.58. The van der Waals surface area contributed by atoms with Crippen molar-refractivity contribution >= 4 is 38.7 Å². The Morgan fingerprint density at radius 2 is 1.86 bits per heavy atom. The number of benzene rings is 2.